The van der Waals surface area contributed by atoms with Gasteiger partial charge in [-0.25, -0.2) is 0 Å². The molecule has 3 saturated heterocycles. The molecule has 3 aliphatic rings. The number of amides is 16. The number of carboxylic acid groups (broad SMARTS) is 2. The van der Waals surface area contributed by atoms with Crippen LogP contribution in [-0.2, 0) is 97.5 Å². The van der Waals surface area contributed by atoms with Gasteiger partial charge in [0.05, 0.1) is 57.4 Å². The molecule has 27 N–H and O–H groups in total. The molecule has 18 atom stereocenters. The molecule has 16 amide bonds. The molecule has 0 saturated carbocycles. The van der Waals surface area contributed by atoms with Gasteiger partial charge in [0, 0.05) is 80.6 Å². The van der Waals surface area contributed by atoms with Crippen LogP contribution in [-0.4, -0.2) is 314 Å². The highest BCUT2D eigenvalue weighted by atomic mass is 35.5. The largest absolute Gasteiger partial charge is 0.481 e. The molecule has 3 heterocycles. The zero-order valence-corrected chi connectivity index (χ0v) is 75.8. The van der Waals surface area contributed by atoms with E-state index in [0.717, 1.165) is 11.8 Å². The van der Waals surface area contributed by atoms with Gasteiger partial charge in [0.1, 0.15) is 90.5 Å². The molecule has 6 unspecified atom stereocenters. The number of ketones is 1. The summed E-state index contributed by atoms with van der Waals surface area (Å²) in [6.45, 7) is 4.96. The number of allylic oxidation sites excluding steroid dienone is 3. The number of aliphatic hydroxyl groups excluding tert-OH is 6. The molecule has 6 rings (SSSR count). The van der Waals surface area contributed by atoms with E-state index in [2.05, 4.69) is 79.8 Å². The van der Waals surface area contributed by atoms with Crippen molar-refractivity contribution in [1.29, 1.82) is 0 Å². The fourth-order valence-corrected chi connectivity index (χ4v) is 14.3. The minimum atomic E-state index is -2.54. The molecule has 48 heteroatoms. The van der Waals surface area contributed by atoms with Crippen LogP contribution in [0.15, 0.2) is 97.1 Å². The third-order valence-electron chi connectivity index (χ3n) is 21.3. The number of nitrogens with two attached hydrogens (primary N) is 2. The molecule has 0 aromatic heterocycles. The number of benzene rings is 3. The second-order valence-electron chi connectivity index (χ2n) is 33.1. The standard InChI is InChI=1S/C87H121ClN18O29/c1-43(2)14-10-11-19-65(112)92-30-27-67(114)97-53(17-12-29-91-66(113)26-28-89)78(125)100-57(35-61(108)48-15-8-7-9-16-48)82(129)105-73(63(110)38-71(119)120)85(132)103-55(33-47-20-23-50(24-21-47)135-87-75(122)74(121)64(111)42-134-87)81(128)104-72-45(5)95-83(130)60-18-13-31-106(60)86(133)46(6)96-79(126)56(36-62(109)51-25-22-49(88)34-52(51)90)98-68(115)39-94-77(124)59(41-107)99-69(116)40-93-76(123)58(37-70(117)118)101-80(127)54(32-44(3)4)102-84(72)131/h7-11,14-16,19-25,34,43-46,53-61,63-64,72-75,87,107-108,110-111,121-122H,12-13,17-18,26-33,35-42,89-90H2,1-6H3,(H,91,113)(H,92,112)(H,93,123)(H,94,124)(H,95,130)(H,96,126)(H,97,114)(H,98,115)(H,99,116)(H,100,125)(H,101,127)(H,102,131)(H,103,132)(H,104,128)(H,105,129)(H,117,118)(H,119,120)/b14-10+,19-11-/t45?,46-,53+,54+,55-,56-,57?,58-,59-,60-,61?,63?,64-,72?,73?,74-,75+,87-/m0/s1. The Labute approximate surface area is 780 Å². The summed E-state index contributed by atoms with van der Waals surface area (Å²) < 4.78 is 11.2. The Balaban J connectivity index is 1.46. The lowest BCUT2D eigenvalue weighted by Crippen LogP contribution is -2.65. The smallest absolute Gasteiger partial charge is 0.306 e. The van der Waals surface area contributed by atoms with Crippen molar-refractivity contribution in [3.05, 3.63) is 119 Å². The number of halogens is 1. The predicted molar refractivity (Wildman–Crippen MR) is 476 cm³/mol. The van der Waals surface area contributed by atoms with Crippen LogP contribution in [0.5, 0.6) is 5.75 Å². The van der Waals surface area contributed by atoms with Crippen molar-refractivity contribution in [3.63, 3.8) is 0 Å². The predicted octanol–water partition coefficient (Wildman–Crippen LogP) is -6.84. The lowest BCUT2D eigenvalue weighted by atomic mass is 9.99. The van der Waals surface area contributed by atoms with E-state index >= 15 is 24.0 Å². The van der Waals surface area contributed by atoms with E-state index in [0.29, 0.717) is 0 Å². The number of hydrogen-bond acceptors (Lipinski definition) is 29. The summed E-state index contributed by atoms with van der Waals surface area (Å²) in [6, 6.07) is -7.03. The summed E-state index contributed by atoms with van der Waals surface area (Å²) in [4.78, 5) is 269. The molecule has 740 valence electrons. The molecule has 0 bridgehead atoms. The molecule has 0 aliphatic carbocycles. The molecule has 3 aliphatic heterocycles. The number of aliphatic hydroxyl groups is 6. The molecular weight excluding hydrogens is 1800 g/mol. The molecule has 3 aromatic carbocycles. The summed E-state index contributed by atoms with van der Waals surface area (Å²) in [5.41, 5.74) is 11.5. The van der Waals surface area contributed by atoms with Crippen LogP contribution in [0.1, 0.15) is 140 Å². The maximum absolute atomic E-state index is 15.8. The van der Waals surface area contributed by atoms with E-state index in [9.17, 15) is 108 Å². The SMILES string of the molecule is CC(C)/C=C/C=C\C(=O)NCCC(=O)N[C@H](CCCNC(=O)CCN)C(=O)NC(CC(O)c1ccccc1)C(=O)NC(C(=O)N[C@@H](Cc1ccc(O[C@@H]2OC[C@H](O)[C@H](O)[C@H]2O)cc1)C(=O)NC1C(=O)N[C@H](CC(C)C)C(=O)N[C@@H](CC(=O)O)C(=O)NCC(=O)N[C@@H](CO)C(=O)NCC(=O)N[C@@H](CC(=O)c2ccc(Cl)cc2N)C(=O)N[C@@H](C)C(=O)N2CCC[C@H]2C(=O)NC1C)C(O)CC(=O)O. The van der Waals surface area contributed by atoms with E-state index in [1.807, 2.05) is 19.9 Å². The number of hydrogen-bond donors (Lipinski definition) is 25. The van der Waals surface area contributed by atoms with Gasteiger partial charge >= 0.3 is 11.9 Å². The molecule has 135 heavy (non-hydrogen) atoms. The highest BCUT2D eigenvalue weighted by Gasteiger charge is 2.44. The van der Waals surface area contributed by atoms with Crippen LogP contribution < -0.4 is 96.0 Å². The Bertz CT molecular complexity index is 4740. The van der Waals surface area contributed by atoms with Gasteiger partial charge in [-0.3, -0.25) is 91.1 Å². The first-order valence-corrected chi connectivity index (χ1v) is 44.0. The van der Waals surface area contributed by atoms with Crippen molar-refractivity contribution in [2.75, 3.05) is 58.2 Å². The van der Waals surface area contributed by atoms with Crippen molar-refractivity contribution in [1.82, 2.24) is 84.7 Å². The lowest BCUT2D eigenvalue weighted by molar-refractivity contribution is -0.242. The normalized spacial score (nSPS) is 22.9. The topological polar surface area (TPSA) is 740 Å². The summed E-state index contributed by atoms with van der Waals surface area (Å²) in [5, 5.41) is 121. The number of fused-ring (bicyclic) bond motifs is 1. The fourth-order valence-electron chi connectivity index (χ4n) is 14.1. The Kier molecular flexibility index (Phi) is 44.9. The quantitative estimate of drug-likeness (QED) is 0.00830. The van der Waals surface area contributed by atoms with E-state index in [1.54, 1.807) is 26.0 Å². The average Bonchev–Trinajstić information content (AvgIpc) is 1.76. The number of anilines is 1. The molecule has 47 nitrogen and oxygen atoms in total. The number of nitrogens with one attached hydrogen (secondary N) is 15. The maximum atomic E-state index is 15.8. The zero-order chi connectivity index (χ0) is 100. The van der Waals surface area contributed by atoms with Crippen molar-refractivity contribution >= 4 is 130 Å². The van der Waals surface area contributed by atoms with Crippen LogP contribution in [0.25, 0.3) is 0 Å². The van der Waals surface area contributed by atoms with Crippen LogP contribution in [0.2, 0.25) is 5.02 Å². The van der Waals surface area contributed by atoms with Crippen LogP contribution >= 0.6 is 11.6 Å². The van der Waals surface area contributed by atoms with Crippen LogP contribution in [0.3, 0.4) is 0 Å². The minimum Gasteiger partial charge on any atom is -0.481 e. The number of Topliss-reactive ketones (excluding diaryl/α,β-unsaturated/α-hetero) is 1. The summed E-state index contributed by atoms with van der Waals surface area (Å²) >= 11 is 6.08. The second-order valence-corrected chi connectivity index (χ2v) is 33.5. The number of ether oxygens (including phenoxy) is 2. The van der Waals surface area contributed by atoms with Gasteiger partial charge in [-0.2, -0.15) is 0 Å². The van der Waals surface area contributed by atoms with Gasteiger partial charge in [0.15, 0.2) is 5.78 Å². The number of nitrogens with zero attached hydrogens (tertiary/aromatic N) is 1. The molecule has 3 aromatic rings. The van der Waals surface area contributed by atoms with Crippen molar-refractivity contribution in [2.24, 2.45) is 17.6 Å². The first-order valence-electron chi connectivity index (χ1n) is 43.6. The van der Waals surface area contributed by atoms with Crippen LogP contribution in [0.4, 0.5) is 5.69 Å². The summed E-state index contributed by atoms with van der Waals surface area (Å²) in [6.07, 6.45) is -11.0. The third-order valence-corrected chi connectivity index (χ3v) is 21.5. The van der Waals surface area contributed by atoms with Gasteiger partial charge in [0.2, 0.25) is 101 Å². The number of nitrogen functional groups attached to an aromatic ring is 1. The number of carbonyl (C=O) groups excluding carboxylic acids is 17. The van der Waals surface area contributed by atoms with Gasteiger partial charge in [-0.15, -0.1) is 0 Å². The van der Waals surface area contributed by atoms with E-state index in [1.165, 1.54) is 85.8 Å². The van der Waals surface area contributed by atoms with Crippen molar-refractivity contribution in [2.45, 2.75) is 228 Å². The Morgan fingerprint density at radius 1 is 0.644 bits per heavy atom. The van der Waals surface area contributed by atoms with Crippen molar-refractivity contribution < 1.29 is 141 Å². The summed E-state index contributed by atoms with van der Waals surface area (Å²) in [5.74, 6) is -23.4. The first kappa shape index (κ1) is 111. The number of carbonyl (C=O) groups is 19. The summed E-state index contributed by atoms with van der Waals surface area (Å²) in [7, 11) is 0. The highest BCUT2D eigenvalue weighted by molar-refractivity contribution is 6.31. The fraction of sp³-hybridized carbons (Fsp3) is 0.529. The highest BCUT2D eigenvalue weighted by Crippen LogP contribution is 2.26. The maximum Gasteiger partial charge on any atom is 0.306 e. The molecule has 0 radical (unpaired) electrons. The van der Waals surface area contributed by atoms with E-state index in [4.69, 9.17) is 32.5 Å². The molecule has 3 fully saturated rings. The second kappa shape index (κ2) is 54.9. The Morgan fingerprint density at radius 2 is 1.27 bits per heavy atom. The van der Waals surface area contributed by atoms with Gasteiger partial charge in [-0.05, 0) is 99.2 Å². The van der Waals surface area contributed by atoms with Crippen LogP contribution in [0, 0.1) is 11.8 Å². The average molecular weight is 1920 g/mol. The number of rotatable bonds is 39. The van der Waals surface area contributed by atoms with Crippen molar-refractivity contribution in [3.8, 4) is 5.75 Å². The number of aliphatic carboxylic acids is 2. The third kappa shape index (κ3) is 36.6. The molecule has 0 spiro atoms. The lowest BCUT2D eigenvalue weighted by Gasteiger charge is -2.34. The van der Waals surface area contributed by atoms with Gasteiger partial charge < -0.3 is 146 Å². The zero-order valence-electron chi connectivity index (χ0n) is 75.1. The Morgan fingerprint density at radius 3 is 1.90 bits per heavy atom. The first-order chi connectivity index (χ1) is 63.9. The molecular formula is C87H121ClN18O29. The van der Waals surface area contributed by atoms with E-state index in [-0.39, 0.29) is 97.4 Å². The monoisotopic (exact) mass is 1920 g/mol. The van der Waals surface area contributed by atoms with E-state index < -0.39 is 299 Å². The van der Waals surface area contributed by atoms with Gasteiger partial charge in [0.25, 0.3) is 0 Å². The van der Waals surface area contributed by atoms with Gasteiger partial charge in [-0.1, -0.05) is 100.0 Å². The Hall–Kier alpha value is -13.2. The minimum absolute atomic E-state index is 0.0147. The number of carboxylic acids is 2.